The molecule has 0 unspecified atom stereocenters. The number of H-pyrrole nitrogens is 1. The number of benzene rings is 3. The first kappa shape index (κ1) is 21.5. The molecule has 0 aliphatic heterocycles. The fourth-order valence-corrected chi connectivity index (χ4v) is 4.31. The monoisotopic (exact) mass is 474 g/mol. The molecular formula is C23H17Cl3N2O3. The van der Waals surface area contributed by atoms with Gasteiger partial charge in [-0.1, -0.05) is 65.1 Å². The minimum atomic E-state index is -0.522. The molecular weight excluding hydrogens is 459 g/mol. The highest BCUT2D eigenvalue weighted by atomic mass is 35.5. The molecule has 1 N–H and O–H groups in total. The number of fused-ring (bicyclic) bond motifs is 1. The average molecular weight is 476 g/mol. The Labute approximate surface area is 193 Å². The number of rotatable bonds is 7. The van der Waals surface area contributed by atoms with E-state index in [9.17, 15) is 10.1 Å². The number of aromatic amines is 1. The van der Waals surface area contributed by atoms with E-state index in [1.54, 1.807) is 30.5 Å². The molecule has 1 heterocycles. The van der Waals surface area contributed by atoms with E-state index in [1.165, 1.54) is 0 Å². The average Bonchev–Trinajstić information content (AvgIpc) is 3.16. The maximum absolute atomic E-state index is 11.4. The third kappa shape index (κ3) is 4.79. The standard InChI is InChI=1S/C23H17Cl3N2O3/c24-16-7-5-14(6-8-16)13-31-23-20(25)9-15(10-21(23)26)19(12-28(29)30)18-11-27-22-4-2-1-3-17(18)22/h1-11,19,27H,12-13H2/t19-/m1/s1. The first-order valence-corrected chi connectivity index (χ1v) is 10.6. The highest BCUT2D eigenvalue weighted by molar-refractivity contribution is 6.37. The normalized spacial score (nSPS) is 12.1. The van der Waals surface area contributed by atoms with Crippen molar-refractivity contribution in [3.8, 4) is 5.75 Å². The first-order valence-electron chi connectivity index (χ1n) is 9.46. The van der Waals surface area contributed by atoms with Crippen molar-refractivity contribution in [1.29, 1.82) is 0 Å². The zero-order chi connectivity index (χ0) is 22.0. The lowest BCUT2D eigenvalue weighted by Gasteiger charge is -2.17. The van der Waals surface area contributed by atoms with Crippen LogP contribution in [-0.2, 0) is 6.61 Å². The summed E-state index contributed by atoms with van der Waals surface area (Å²) in [6.07, 6.45) is 1.80. The molecule has 0 spiro atoms. The summed E-state index contributed by atoms with van der Waals surface area (Å²) in [5.41, 5.74) is 3.28. The molecule has 158 valence electrons. The molecule has 0 fully saturated rings. The van der Waals surface area contributed by atoms with Gasteiger partial charge in [-0.05, 0) is 47.0 Å². The van der Waals surface area contributed by atoms with Crippen LogP contribution in [-0.4, -0.2) is 16.5 Å². The van der Waals surface area contributed by atoms with Crippen LogP contribution in [0.2, 0.25) is 15.1 Å². The Kier molecular flexibility index (Phi) is 6.37. The van der Waals surface area contributed by atoms with Gasteiger partial charge in [-0.3, -0.25) is 10.1 Å². The Hall–Kier alpha value is -2.73. The maximum atomic E-state index is 11.4. The summed E-state index contributed by atoms with van der Waals surface area (Å²) in [5.74, 6) is -0.188. The van der Waals surface area contributed by atoms with Crippen molar-refractivity contribution in [1.82, 2.24) is 4.98 Å². The lowest BCUT2D eigenvalue weighted by atomic mass is 9.91. The lowest BCUT2D eigenvalue weighted by molar-refractivity contribution is -0.481. The Bertz CT molecular complexity index is 1220. The molecule has 0 bridgehead atoms. The van der Waals surface area contributed by atoms with E-state index in [0.717, 1.165) is 22.0 Å². The van der Waals surface area contributed by atoms with E-state index in [0.29, 0.717) is 26.4 Å². The second-order valence-corrected chi connectivity index (χ2v) is 8.34. The van der Waals surface area contributed by atoms with Crippen molar-refractivity contribution in [2.45, 2.75) is 12.5 Å². The zero-order valence-corrected chi connectivity index (χ0v) is 18.4. The van der Waals surface area contributed by atoms with Crippen molar-refractivity contribution in [3.05, 3.63) is 109 Å². The van der Waals surface area contributed by atoms with Gasteiger partial charge in [0.2, 0.25) is 6.54 Å². The third-order valence-corrected chi connectivity index (χ3v) is 5.86. The van der Waals surface area contributed by atoms with Crippen LogP contribution < -0.4 is 4.74 Å². The van der Waals surface area contributed by atoms with Gasteiger partial charge in [-0.15, -0.1) is 0 Å². The van der Waals surface area contributed by atoms with Gasteiger partial charge in [0.1, 0.15) is 6.61 Å². The molecule has 0 amide bonds. The van der Waals surface area contributed by atoms with Gasteiger partial charge >= 0.3 is 0 Å². The van der Waals surface area contributed by atoms with E-state index >= 15 is 0 Å². The number of ether oxygens (including phenoxy) is 1. The number of hydrogen-bond acceptors (Lipinski definition) is 3. The second kappa shape index (κ2) is 9.18. The minimum Gasteiger partial charge on any atom is -0.486 e. The first-order chi connectivity index (χ1) is 14.9. The molecule has 4 aromatic rings. The fourth-order valence-electron chi connectivity index (χ4n) is 3.57. The van der Waals surface area contributed by atoms with Crippen LogP contribution in [0, 0.1) is 10.1 Å². The van der Waals surface area contributed by atoms with Crippen molar-refractivity contribution in [2.75, 3.05) is 6.54 Å². The molecule has 1 aromatic heterocycles. The van der Waals surface area contributed by atoms with Crippen molar-refractivity contribution in [2.24, 2.45) is 0 Å². The number of aromatic nitrogens is 1. The van der Waals surface area contributed by atoms with Crippen molar-refractivity contribution < 1.29 is 9.66 Å². The summed E-state index contributed by atoms with van der Waals surface area (Å²) in [6.45, 7) is -0.0315. The zero-order valence-electron chi connectivity index (χ0n) is 16.1. The van der Waals surface area contributed by atoms with Gasteiger partial charge in [0.25, 0.3) is 0 Å². The summed E-state index contributed by atoms with van der Waals surface area (Å²) in [5, 5.41) is 13.6. The summed E-state index contributed by atoms with van der Waals surface area (Å²) in [4.78, 5) is 14.3. The van der Waals surface area contributed by atoms with E-state index in [2.05, 4.69) is 4.98 Å². The number of halogens is 3. The third-order valence-electron chi connectivity index (χ3n) is 5.05. The molecule has 0 radical (unpaired) electrons. The van der Waals surface area contributed by atoms with Crippen molar-refractivity contribution in [3.63, 3.8) is 0 Å². The molecule has 0 saturated carbocycles. The van der Waals surface area contributed by atoms with E-state index in [1.807, 2.05) is 36.4 Å². The Morgan fingerprint density at radius 1 is 1.00 bits per heavy atom. The Morgan fingerprint density at radius 2 is 1.68 bits per heavy atom. The quantitative estimate of drug-likeness (QED) is 0.229. The molecule has 8 heteroatoms. The van der Waals surface area contributed by atoms with E-state index in [-0.39, 0.29) is 18.1 Å². The Morgan fingerprint density at radius 3 is 2.35 bits per heavy atom. The largest absolute Gasteiger partial charge is 0.486 e. The summed E-state index contributed by atoms with van der Waals surface area (Å²) < 4.78 is 5.82. The van der Waals surface area contributed by atoms with Gasteiger partial charge in [0, 0.05) is 27.0 Å². The van der Waals surface area contributed by atoms with Crippen LogP contribution in [0.4, 0.5) is 0 Å². The molecule has 31 heavy (non-hydrogen) atoms. The smallest absolute Gasteiger partial charge is 0.214 e. The molecule has 4 rings (SSSR count). The molecule has 0 aliphatic rings. The van der Waals surface area contributed by atoms with Crippen molar-refractivity contribution >= 4 is 45.7 Å². The van der Waals surface area contributed by atoms with Crippen LogP contribution in [0.1, 0.15) is 22.6 Å². The maximum Gasteiger partial charge on any atom is 0.214 e. The van der Waals surface area contributed by atoms with E-state index < -0.39 is 5.92 Å². The second-order valence-electron chi connectivity index (χ2n) is 7.09. The highest BCUT2D eigenvalue weighted by Gasteiger charge is 2.25. The molecule has 3 aromatic carbocycles. The topological polar surface area (TPSA) is 68.2 Å². The Balaban J connectivity index is 1.66. The number of nitrogens with one attached hydrogen (secondary N) is 1. The number of hydrogen-bond donors (Lipinski definition) is 1. The predicted molar refractivity (Wildman–Crippen MR) is 124 cm³/mol. The molecule has 1 atom stereocenters. The fraction of sp³-hybridized carbons (Fsp3) is 0.130. The molecule has 0 saturated heterocycles. The summed E-state index contributed by atoms with van der Waals surface area (Å²) >= 11 is 18.9. The van der Waals surface area contributed by atoms with Gasteiger partial charge in [0.05, 0.1) is 16.0 Å². The molecule has 5 nitrogen and oxygen atoms in total. The van der Waals surface area contributed by atoms with Crippen LogP contribution in [0.5, 0.6) is 5.75 Å². The summed E-state index contributed by atoms with van der Waals surface area (Å²) in [6, 6.07) is 18.3. The van der Waals surface area contributed by atoms with Gasteiger partial charge in [0.15, 0.2) is 5.75 Å². The van der Waals surface area contributed by atoms with Crippen LogP contribution in [0.15, 0.2) is 66.9 Å². The number of nitrogens with zero attached hydrogens (tertiary/aromatic N) is 1. The summed E-state index contributed by atoms with van der Waals surface area (Å²) in [7, 11) is 0. The van der Waals surface area contributed by atoms with Gasteiger partial charge in [-0.25, -0.2) is 0 Å². The minimum absolute atomic E-state index is 0.261. The number of para-hydroxylation sites is 1. The van der Waals surface area contributed by atoms with Crippen LogP contribution in [0.25, 0.3) is 10.9 Å². The van der Waals surface area contributed by atoms with Crippen LogP contribution >= 0.6 is 34.8 Å². The van der Waals surface area contributed by atoms with Gasteiger partial charge < -0.3 is 9.72 Å². The SMILES string of the molecule is O=[N+]([O-])C[C@H](c1cc(Cl)c(OCc2ccc(Cl)cc2)c(Cl)c1)c1c[nH]c2ccccc12. The predicted octanol–water partition coefficient (Wildman–Crippen LogP) is 7.12. The molecule has 0 aliphatic carbocycles. The number of nitro groups is 1. The highest BCUT2D eigenvalue weighted by Crippen LogP contribution is 2.39. The van der Waals surface area contributed by atoms with E-state index in [4.69, 9.17) is 39.5 Å². The van der Waals surface area contributed by atoms with Crippen LogP contribution in [0.3, 0.4) is 0 Å². The lowest BCUT2D eigenvalue weighted by Crippen LogP contribution is -2.14. The van der Waals surface area contributed by atoms with Gasteiger partial charge in [-0.2, -0.15) is 0 Å².